The van der Waals surface area contributed by atoms with Gasteiger partial charge in [0, 0.05) is 16.6 Å². The van der Waals surface area contributed by atoms with Gasteiger partial charge in [0.1, 0.15) is 5.75 Å². The van der Waals surface area contributed by atoms with Gasteiger partial charge in [-0.15, -0.1) is 0 Å². The van der Waals surface area contributed by atoms with E-state index in [-0.39, 0.29) is 0 Å². The van der Waals surface area contributed by atoms with E-state index >= 15 is 0 Å². The Hall–Kier alpha value is -4.19. The number of rotatable bonds is 7. The monoisotopic (exact) mass is 440 g/mol. The van der Waals surface area contributed by atoms with Crippen LogP contribution in [0, 0.1) is 6.92 Å². The number of benzene rings is 3. The summed E-state index contributed by atoms with van der Waals surface area (Å²) in [5.41, 5.74) is 2.81. The molecular formula is C27H24N2O4. The van der Waals surface area contributed by atoms with Crippen molar-refractivity contribution in [1.29, 1.82) is 0 Å². The van der Waals surface area contributed by atoms with Crippen LogP contribution in [0.2, 0.25) is 0 Å². The lowest BCUT2D eigenvalue weighted by Gasteiger charge is -2.20. The second kappa shape index (κ2) is 9.96. The molecule has 0 saturated heterocycles. The van der Waals surface area contributed by atoms with Crippen LogP contribution in [0.15, 0.2) is 84.9 Å². The highest BCUT2D eigenvalue weighted by Gasteiger charge is 2.27. The summed E-state index contributed by atoms with van der Waals surface area (Å²) >= 11 is 0. The molecule has 0 saturated carbocycles. The number of aryl methyl sites for hydroxylation is 1. The van der Waals surface area contributed by atoms with Crippen LogP contribution in [0.25, 0.3) is 10.9 Å². The molecule has 1 heterocycles. The topological polar surface area (TPSA) is 77.5 Å². The summed E-state index contributed by atoms with van der Waals surface area (Å²) in [5, 5.41) is 3.51. The summed E-state index contributed by atoms with van der Waals surface area (Å²) in [6.07, 6.45) is -1.15. The summed E-state index contributed by atoms with van der Waals surface area (Å²) in [6, 6.07) is 25.1. The molecule has 0 spiro atoms. The van der Waals surface area contributed by atoms with Crippen LogP contribution in [0.1, 0.15) is 34.6 Å². The maximum Gasteiger partial charge on any atom is 0.340 e. The Morgan fingerprint density at radius 3 is 2.42 bits per heavy atom. The minimum Gasteiger partial charge on any atom is -0.492 e. The van der Waals surface area contributed by atoms with Crippen molar-refractivity contribution in [2.45, 2.75) is 20.0 Å². The zero-order valence-electron chi connectivity index (χ0n) is 18.4. The third-order valence-electron chi connectivity index (χ3n) is 5.07. The highest BCUT2D eigenvalue weighted by atomic mass is 16.5. The second-order valence-corrected chi connectivity index (χ2v) is 7.44. The van der Waals surface area contributed by atoms with Crippen LogP contribution in [0.3, 0.4) is 0 Å². The van der Waals surface area contributed by atoms with Gasteiger partial charge in [0.2, 0.25) is 6.10 Å². The number of hydrogen-bond acceptors (Lipinski definition) is 5. The van der Waals surface area contributed by atoms with Gasteiger partial charge >= 0.3 is 5.97 Å². The molecule has 4 aromatic rings. The van der Waals surface area contributed by atoms with Gasteiger partial charge in [0.15, 0.2) is 0 Å². The molecule has 1 N–H and O–H groups in total. The summed E-state index contributed by atoms with van der Waals surface area (Å²) in [5.74, 6) is -0.530. The van der Waals surface area contributed by atoms with Crippen molar-refractivity contribution in [2.75, 3.05) is 11.9 Å². The van der Waals surface area contributed by atoms with Gasteiger partial charge in [-0.05, 0) is 38.1 Å². The van der Waals surface area contributed by atoms with Crippen molar-refractivity contribution in [2.24, 2.45) is 0 Å². The number of carbonyl (C=O) groups excluding carboxylic acids is 2. The maximum atomic E-state index is 13.3. The molecule has 3 aromatic carbocycles. The van der Waals surface area contributed by atoms with E-state index in [2.05, 4.69) is 10.3 Å². The van der Waals surface area contributed by atoms with Gasteiger partial charge in [-0.2, -0.15) is 0 Å². The Labute approximate surface area is 192 Å². The Balaban J connectivity index is 1.67. The number of aromatic nitrogens is 1. The number of esters is 1. The number of fused-ring (bicyclic) bond motifs is 1. The quantitative estimate of drug-likeness (QED) is 0.385. The van der Waals surface area contributed by atoms with E-state index in [4.69, 9.17) is 9.47 Å². The van der Waals surface area contributed by atoms with Crippen molar-refractivity contribution in [3.8, 4) is 5.75 Å². The minimum atomic E-state index is -1.15. The zero-order chi connectivity index (χ0) is 23.2. The van der Waals surface area contributed by atoms with E-state index in [1.54, 1.807) is 48.5 Å². The Morgan fingerprint density at radius 2 is 1.64 bits per heavy atom. The normalized spacial score (nSPS) is 11.6. The number of hydrogen-bond donors (Lipinski definition) is 1. The number of carbonyl (C=O) groups is 2. The molecule has 4 rings (SSSR count). The van der Waals surface area contributed by atoms with Crippen molar-refractivity contribution in [3.63, 3.8) is 0 Å². The molecule has 33 heavy (non-hydrogen) atoms. The second-order valence-electron chi connectivity index (χ2n) is 7.44. The molecule has 1 atom stereocenters. The Bertz CT molecular complexity index is 1290. The van der Waals surface area contributed by atoms with Crippen LogP contribution in [0.5, 0.6) is 5.75 Å². The average molecular weight is 440 g/mol. The standard InChI is InChI=1S/C27H24N2O4/c1-3-32-24-16-10-9-15-23(24)29-26(30)25(19-11-5-4-6-12-19)33-27(31)21-17-18(2)28-22-14-8-7-13-20(21)22/h4-17,25H,3H2,1-2H3,(H,29,30)/t25-/m1/s1. The van der Waals surface area contributed by atoms with Gasteiger partial charge in [-0.25, -0.2) is 4.79 Å². The molecule has 0 aliphatic heterocycles. The van der Waals surface area contributed by atoms with E-state index in [1.165, 1.54) is 0 Å². The smallest absolute Gasteiger partial charge is 0.340 e. The first-order chi connectivity index (χ1) is 16.1. The number of nitrogens with zero attached hydrogens (tertiary/aromatic N) is 1. The molecule has 166 valence electrons. The molecule has 0 aliphatic rings. The molecule has 0 unspecified atom stereocenters. The molecule has 1 amide bonds. The number of amides is 1. The fourth-order valence-corrected chi connectivity index (χ4v) is 3.60. The highest BCUT2D eigenvalue weighted by molar-refractivity contribution is 6.05. The molecule has 0 bridgehead atoms. The number of pyridine rings is 1. The lowest BCUT2D eigenvalue weighted by atomic mass is 10.1. The first-order valence-corrected chi connectivity index (χ1v) is 10.7. The number of anilines is 1. The van der Waals surface area contributed by atoms with E-state index < -0.39 is 18.0 Å². The molecular weight excluding hydrogens is 416 g/mol. The van der Waals surface area contributed by atoms with Crippen molar-refractivity contribution in [1.82, 2.24) is 4.98 Å². The molecule has 1 aromatic heterocycles. The summed E-state index contributed by atoms with van der Waals surface area (Å²) in [7, 11) is 0. The first kappa shape index (κ1) is 22.0. The fraction of sp³-hybridized carbons (Fsp3) is 0.148. The largest absolute Gasteiger partial charge is 0.492 e. The average Bonchev–Trinajstić information content (AvgIpc) is 2.83. The molecule has 6 heteroatoms. The summed E-state index contributed by atoms with van der Waals surface area (Å²) in [4.78, 5) is 31.1. The molecule has 0 radical (unpaired) electrons. The highest BCUT2D eigenvalue weighted by Crippen LogP contribution is 2.28. The summed E-state index contributed by atoms with van der Waals surface area (Å²) < 4.78 is 11.4. The third-order valence-corrected chi connectivity index (χ3v) is 5.07. The number of nitrogens with one attached hydrogen (secondary N) is 1. The predicted molar refractivity (Wildman–Crippen MR) is 127 cm³/mol. The zero-order valence-corrected chi connectivity index (χ0v) is 18.4. The van der Waals surface area contributed by atoms with Gasteiger partial charge in [0.05, 0.1) is 23.4 Å². The van der Waals surface area contributed by atoms with Gasteiger partial charge < -0.3 is 14.8 Å². The van der Waals surface area contributed by atoms with Crippen LogP contribution >= 0.6 is 0 Å². The lowest BCUT2D eigenvalue weighted by molar-refractivity contribution is -0.125. The third kappa shape index (κ3) is 5.01. The first-order valence-electron chi connectivity index (χ1n) is 10.7. The van der Waals surface area contributed by atoms with Crippen molar-refractivity contribution < 1.29 is 19.1 Å². The maximum absolute atomic E-state index is 13.3. The van der Waals surface area contributed by atoms with Crippen LogP contribution in [-0.4, -0.2) is 23.5 Å². The Morgan fingerprint density at radius 1 is 0.939 bits per heavy atom. The minimum absolute atomic E-state index is 0.363. The molecule has 0 fully saturated rings. The van der Waals surface area contributed by atoms with Crippen LogP contribution in [-0.2, 0) is 9.53 Å². The lowest BCUT2D eigenvalue weighted by Crippen LogP contribution is -2.26. The van der Waals surface area contributed by atoms with Crippen molar-refractivity contribution in [3.05, 3.63) is 102 Å². The predicted octanol–water partition coefficient (Wildman–Crippen LogP) is 5.48. The number of ether oxygens (including phenoxy) is 2. The summed E-state index contributed by atoms with van der Waals surface area (Å²) in [6.45, 7) is 4.14. The van der Waals surface area contributed by atoms with Crippen LogP contribution in [0.4, 0.5) is 5.69 Å². The van der Waals surface area contributed by atoms with E-state index in [1.807, 2.05) is 50.2 Å². The van der Waals surface area contributed by atoms with Crippen molar-refractivity contribution >= 4 is 28.5 Å². The SMILES string of the molecule is CCOc1ccccc1NC(=O)[C@H](OC(=O)c1cc(C)nc2ccccc12)c1ccccc1. The van der Waals surface area contributed by atoms with E-state index in [9.17, 15) is 9.59 Å². The molecule has 0 aliphatic carbocycles. The van der Waals surface area contributed by atoms with Gasteiger partial charge in [-0.1, -0.05) is 60.7 Å². The van der Waals surface area contributed by atoms with Crippen LogP contribution < -0.4 is 10.1 Å². The van der Waals surface area contributed by atoms with E-state index in [0.29, 0.717) is 45.8 Å². The van der Waals surface area contributed by atoms with E-state index in [0.717, 1.165) is 0 Å². The Kier molecular flexibility index (Phi) is 6.64. The molecule has 6 nitrogen and oxygen atoms in total. The van der Waals surface area contributed by atoms with Gasteiger partial charge in [0.25, 0.3) is 5.91 Å². The van der Waals surface area contributed by atoms with Gasteiger partial charge in [-0.3, -0.25) is 9.78 Å². The fourth-order valence-electron chi connectivity index (χ4n) is 3.60. The number of para-hydroxylation sites is 3.